The van der Waals surface area contributed by atoms with Crippen molar-refractivity contribution >= 4 is 17.1 Å². The number of benzene rings is 12. The van der Waals surface area contributed by atoms with Crippen molar-refractivity contribution in [2.45, 2.75) is 16.2 Å². The second-order valence-corrected chi connectivity index (χ2v) is 20.6. The quantitative estimate of drug-likeness (QED) is 0.139. The van der Waals surface area contributed by atoms with Crippen LogP contribution in [0.2, 0.25) is 0 Å². The number of anilines is 3. The molecule has 3 aliphatic rings. The Hall–Kier alpha value is -9.56. The van der Waals surface area contributed by atoms with E-state index < -0.39 is 16.2 Å². The maximum Gasteiger partial charge on any atom is 0.0714 e. The largest absolute Gasteiger partial charge is 0.310 e. The SMILES string of the molecule is c1ccc(C2(c3ccccc3)c3ccccc3-c3cc(N(c4ccc5c(c4)-c4ccccc4C5(c4ccccc4)c4ccccc4)c4cccc5c4-c4ccccc4C5(c4ccccc4)c4ccccc4)ccc32)cc1. The zero-order chi connectivity index (χ0) is 50.3. The van der Waals surface area contributed by atoms with Crippen LogP contribution < -0.4 is 4.90 Å². The molecular formula is C75H51N. The fraction of sp³-hybridized carbons (Fsp3) is 0.0400. The van der Waals surface area contributed by atoms with E-state index in [1.165, 1.54) is 100 Å². The molecule has 0 heterocycles. The first-order valence-corrected chi connectivity index (χ1v) is 26.6. The molecule has 0 saturated carbocycles. The van der Waals surface area contributed by atoms with E-state index in [2.05, 4.69) is 314 Å². The van der Waals surface area contributed by atoms with Crippen LogP contribution in [-0.2, 0) is 16.2 Å². The second-order valence-electron chi connectivity index (χ2n) is 20.6. The predicted octanol–water partition coefficient (Wildman–Crippen LogP) is 18.2. The Morgan fingerprint density at radius 2 is 0.474 bits per heavy atom. The highest BCUT2D eigenvalue weighted by Gasteiger charge is 2.50. The van der Waals surface area contributed by atoms with E-state index in [1.807, 2.05) is 0 Å². The highest BCUT2D eigenvalue weighted by Crippen LogP contribution is 2.63. The second kappa shape index (κ2) is 17.3. The van der Waals surface area contributed by atoms with Gasteiger partial charge in [0.1, 0.15) is 0 Å². The molecule has 0 unspecified atom stereocenters. The molecule has 15 rings (SSSR count). The predicted molar refractivity (Wildman–Crippen MR) is 313 cm³/mol. The minimum atomic E-state index is -0.570. The first-order valence-electron chi connectivity index (χ1n) is 26.6. The van der Waals surface area contributed by atoms with Crippen molar-refractivity contribution < 1.29 is 0 Å². The molecule has 0 amide bonds. The minimum Gasteiger partial charge on any atom is -0.310 e. The van der Waals surface area contributed by atoms with E-state index in [4.69, 9.17) is 0 Å². The van der Waals surface area contributed by atoms with Crippen LogP contribution in [0.15, 0.2) is 309 Å². The summed E-state index contributed by atoms with van der Waals surface area (Å²) < 4.78 is 0. The van der Waals surface area contributed by atoms with Crippen molar-refractivity contribution in [3.63, 3.8) is 0 Å². The summed E-state index contributed by atoms with van der Waals surface area (Å²) in [7, 11) is 0. The van der Waals surface area contributed by atoms with Gasteiger partial charge in [-0.1, -0.05) is 279 Å². The van der Waals surface area contributed by atoms with E-state index in [-0.39, 0.29) is 0 Å². The summed E-state index contributed by atoms with van der Waals surface area (Å²) >= 11 is 0. The van der Waals surface area contributed by atoms with E-state index in [0.717, 1.165) is 17.1 Å². The lowest BCUT2D eigenvalue weighted by atomic mass is 9.67. The Balaban J connectivity index is 1.04. The highest BCUT2D eigenvalue weighted by atomic mass is 15.1. The standard InChI is InChI=1S/C75H51N/c1-7-26-52(27-8-1)73(53-28-9-2-10-29-53)65-41-22-19-38-60(65)63-50-58(46-48-68(63)73)76(59-47-49-69-64(51-59)61-39-20-23-42-66(61)74(69,54-30-11-3-12-31-54)55-32-13-4-14-33-55)71-45-25-44-70-72(71)62-40-21-24-43-67(62)75(70,56-34-15-5-16-35-56)57-36-17-6-18-37-57/h1-51H. The topological polar surface area (TPSA) is 3.24 Å². The average Bonchev–Trinajstić information content (AvgIpc) is 4.29. The van der Waals surface area contributed by atoms with Gasteiger partial charge in [0.05, 0.1) is 21.9 Å². The average molecular weight is 966 g/mol. The smallest absolute Gasteiger partial charge is 0.0714 e. The number of rotatable bonds is 9. The number of fused-ring (bicyclic) bond motifs is 9. The molecular weight excluding hydrogens is 915 g/mol. The zero-order valence-electron chi connectivity index (χ0n) is 41.9. The van der Waals surface area contributed by atoms with Gasteiger partial charge in [0.2, 0.25) is 0 Å². The van der Waals surface area contributed by atoms with Crippen LogP contribution in [0.3, 0.4) is 0 Å². The number of hydrogen-bond acceptors (Lipinski definition) is 1. The third-order valence-electron chi connectivity index (χ3n) is 17.1. The lowest BCUT2D eigenvalue weighted by Crippen LogP contribution is -2.28. The minimum absolute atomic E-state index is 0.523. The molecule has 1 nitrogen and oxygen atoms in total. The van der Waals surface area contributed by atoms with Crippen LogP contribution in [0.25, 0.3) is 33.4 Å². The van der Waals surface area contributed by atoms with Gasteiger partial charge in [-0.15, -0.1) is 0 Å². The molecule has 12 aromatic carbocycles. The summed E-state index contributed by atoms with van der Waals surface area (Å²) in [6, 6.07) is 116. The van der Waals surface area contributed by atoms with Gasteiger partial charge < -0.3 is 4.90 Å². The van der Waals surface area contributed by atoms with Crippen LogP contribution in [0, 0.1) is 0 Å². The van der Waals surface area contributed by atoms with Crippen molar-refractivity contribution in [1.29, 1.82) is 0 Å². The molecule has 0 spiro atoms. The van der Waals surface area contributed by atoms with E-state index in [9.17, 15) is 0 Å². The zero-order valence-corrected chi connectivity index (χ0v) is 41.9. The van der Waals surface area contributed by atoms with Crippen LogP contribution in [0.1, 0.15) is 66.8 Å². The van der Waals surface area contributed by atoms with Gasteiger partial charge >= 0.3 is 0 Å². The van der Waals surface area contributed by atoms with Gasteiger partial charge in [-0.2, -0.15) is 0 Å². The van der Waals surface area contributed by atoms with Gasteiger partial charge in [-0.05, 0) is 125 Å². The van der Waals surface area contributed by atoms with Crippen LogP contribution in [0.5, 0.6) is 0 Å². The molecule has 0 N–H and O–H groups in total. The van der Waals surface area contributed by atoms with Crippen molar-refractivity contribution in [3.8, 4) is 33.4 Å². The summed E-state index contributed by atoms with van der Waals surface area (Å²) in [5.74, 6) is 0. The molecule has 3 aliphatic carbocycles. The first-order chi connectivity index (χ1) is 37.7. The normalized spacial score (nSPS) is 14.4. The molecule has 356 valence electrons. The monoisotopic (exact) mass is 965 g/mol. The first kappa shape index (κ1) is 44.0. The summed E-state index contributed by atoms with van der Waals surface area (Å²) in [6.07, 6.45) is 0. The van der Waals surface area contributed by atoms with Crippen molar-refractivity contribution in [2.75, 3.05) is 4.90 Å². The number of hydrogen-bond donors (Lipinski definition) is 0. The summed E-state index contributed by atoms with van der Waals surface area (Å²) in [5.41, 5.74) is 24.4. The lowest BCUT2D eigenvalue weighted by Gasteiger charge is -2.35. The van der Waals surface area contributed by atoms with Gasteiger partial charge in [0, 0.05) is 16.9 Å². The van der Waals surface area contributed by atoms with Gasteiger partial charge in [-0.3, -0.25) is 0 Å². The molecule has 0 radical (unpaired) electrons. The van der Waals surface area contributed by atoms with Gasteiger partial charge in [-0.25, -0.2) is 0 Å². The fourth-order valence-corrected chi connectivity index (χ4v) is 14.2. The van der Waals surface area contributed by atoms with Crippen molar-refractivity contribution in [3.05, 3.63) is 376 Å². The molecule has 76 heavy (non-hydrogen) atoms. The summed E-state index contributed by atoms with van der Waals surface area (Å²) in [5, 5.41) is 0. The van der Waals surface area contributed by atoms with Crippen molar-refractivity contribution in [1.82, 2.24) is 0 Å². The van der Waals surface area contributed by atoms with Crippen LogP contribution in [-0.4, -0.2) is 0 Å². The molecule has 0 saturated heterocycles. The third kappa shape index (κ3) is 6.03. The van der Waals surface area contributed by atoms with E-state index >= 15 is 0 Å². The molecule has 0 aromatic heterocycles. The Bertz CT molecular complexity index is 3850. The Morgan fingerprint density at radius 3 is 0.842 bits per heavy atom. The molecule has 0 bridgehead atoms. The summed E-state index contributed by atoms with van der Waals surface area (Å²) in [4.78, 5) is 2.57. The molecule has 0 aliphatic heterocycles. The third-order valence-corrected chi connectivity index (χ3v) is 17.1. The van der Waals surface area contributed by atoms with Crippen LogP contribution >= 0.6 is 0 Å². The maximum absolute atomic E-state index is 2.57. The van der Waals surface area contributed by atoms with Crippen LogP contribution in [0.4, 0.5) is 17.1 Å². The molecule has 12 aromatic rings. The van der Waals surface area contributed by atoms with Gasteiger partial charge in [0.15, 0.2) is 0 Å². The Kier molecular flexibility index (Phi) is 9.99. The Morgan fingerprint density at radius 1 is 0.197 bits per heavy atom. The number of nitrogens with zero attached hydrogens (tertiary/aromatic N) is 1. The summed E-state index contributed by atoms with van der Waals surface area (Å²) in [6.45, 7) is 0. The van der Waals surface area contributed by atoms with Crippen molar-refractivity contribution in [2.24, 2.45) is 0 Å². The lowest BCUT2D eigenvalue weighted by molar-refractivity contribution is 0.768. The molecule has 0 atom stereocenters. The van der Waals surface area contributed by atoms with Gasteiger partial charge in [0.25, 0.3) is 0 Å². The molecule has 1 heteroatoms. The fourth-order valence-electron chi connectivity index (χ4n) is 14.2. The Labute approximate surface area is 445 Å². The van der Waals surface area contributed by atoms with E-state index in [0.29, 0.717) is 0 Å². The highest BCUT2D eigenvalue weighted by molar-refractivity contribution is 6.00. The maximum atomic E-state index is 2.57. The molecule has 0 fully saturated rings. The van der Waals surface area contributed by atoms with E-state index in [1.54, 1.807) is 0 Å².